The van der Waals surface area contributed by atoms with Crippen molar-refractivity contribution in [3.8, 4) is 5.75 Å². The minimum atomic E-state index is 0.413. The molecule has 2 rings (SSSR count). The highest BCUT2D eigenvalue weighted by atomic mass is 79.9. The van der Waals surface area contributed by atoms with E-state index in [9.17, 15) is 5.11 Å². The average Bonchev–Trinajstić information content (AvgIpc) is 2.49. The maximum Gasteiger partial charge on any atom is 0.134 e. The molecule has 1 aromatic rings. The Kier molecular flexibility index (Phi) is 5.91. The van der Waals surface area contributed by atoms with Crippen molar-refractivity contribution in [3.63, 3.8) is 0 Å². The van der Waals surface area contributed by atoms with Crippen LogP contribution in [0.4, 0.5) is 0 Å². The first-order valence-corrected chi connectivity index (χ1v) is 8.68. The summed E-state index contributed by atoms with van der Waals surface area (Å²) in [6.45, 7) is 7.20. The van der Waals surface area contributed by atoms with Crippen LogP contribution in [0.2, 0.25) is 0 Å². The fourth-order valence-electron chi connectivity index (χ4n) is 3.16. The first kappa shape index (κ1) is 15.8. The maximum absolute atomic E-state index is 10.3. The number of nitrogens with zero attached hydrogens (tertiary/aromatic N) is 1. The first-order valence-electron chi connectivity index (χ1n) is 7.89. The van der Waals surface area contributed by atoms with Crippen LogP contribution in [0.1, 0.15) is 63.0 Å². The van der Waals surface area contributed by atoms with Gasteiger partial charge in [0.05, 0.1) is 4.47 Å². The van der Waals surface area contributed by atoms with E-state index in [0.29, 0.717) is 11.7 Å². The van der Waals surface area contributed by atoms with Gasteiger partial charge in [-0.15, -0.1) is 0 Å². The smallest absolute Gasteiger partial charge is 0.134 e. The summed E-state index contributed by atoms with van der Waals surface area (Å²) in [6, 6.07) is 4.35. The SMILES string of the molecule is CCN(CC)Cc1cc(C2CCCCC2)cc(Br)c1O. The topological polar surface area (TPSA) is 23.5 Å². The van der Waals surface area contributed by atoms with E-state index in [2.05, 4.69) is 46.8 Å². The van der Waals surface area contributed by atoms with Gasteiger partial charge in [0.25, 0.3) is 0 Å². The molecule has 0 unspecified atom stereocenters. The Balaban J connectivity index is 2.24. The molecule has 1 aliphatic carbocycles. The van der Waals surface area contributed by atoms with Gasteiger partial charge in [-0.25, -0.2) is 0 Å². The lowest BCUT2D eigenvalue weighted by Crippen LogP contribution is -2.22. The summed E-state index contributed by atoms with van der Waals surface area (Å²) in [4.78, 5) is 2.34. The largest absolute Gasteiger partial charge is 0.506 e. The van der Waals surface area contributed by atoms with E-state index in [1.165, 1.54) is 37.7 Å². The van der Waals surface area contributed by atoms with Crippen molar-refractivity contribution < 1.29 is 5.11 Å². The van der Waals surface area contributed by atoms with Crippen molar-refractivity contribution >= 4 is 15.9 Å². The Morgan fingerprint density at radius 1 is 1.15 bits per heavy atom. The molecule has 20 heavy (non-hydrogen) atoms. The molecule has 0 radical (unpaired) electrons. The number of hydrogen-bond acceptors (Lipinski definition) is 2. The van der Waals surface area contributed by atoms with E-state index < -0.39 is 0 Å². The van der Waals surface area contributed by atoms with Crippen LogP contribution in [0.5, 0.6) is 5.75 Å². The fraction of sp³-hybridized carbons (Fsp3) is 0.647. The predicted octanol–water partition coefficient (Wildman–Crippen LogP) is 5.04. The highest BCUT2D eigenvalue weighted by Gasteiger charge is 2.19. The summed E-state index contributed by atoms with van der Waals surface area (Å²) in [5, 5.41) is 10.3. The molecule has 0 aliphatic heterocycles. The highest BCUT2D eigenvalue weighted by Crippen LogP contribution is 2.38. The number of aromatic hydroxyl groups is 1. The van der Waals surface area contributed by atoms with Crippen LogP contribution in [0.15, 0.2) is 16.6 Å². The number of phenols is 1. The van der Waals surface area contributed by atoms with E-state index in [1.807, 2.05) is 0 Å². The minimum absolute atomic E-state index is 0.413. The number of halogens is 1. The fourth-order valence-corrected chi connectivity index (χ4v) is 3.68. The van der Waals surface area contributed by atoms with Gasteiger partial charge in [-0.3, -0.25) is 4.90 Å². The average molecular weight is 340 g/mol. The van der Waals surface area contributed by atoms with Crippen LogP contribution in [-0.2, 0) is 6.54 Å². The zero-order valence-electron chi connectivity index (χ0n) is 12.7. The molecule has 1 saturated carbocycles. The molecular weight excluding hydrogens is 314 g/mol. The molecule has 1 aliphatic rings. The Bertz CT molecular complexity index is 437. The van der Waals surface area contributed by atoms with Crippen molar-refractivity contribution in [3.05, 3.63) is 27.7 Å². The van der Waals surface area contributed by atoms with Gasteiger partial charge in [-0.05, 0) is 59.4 Å². The van der Waals surface area contributed by atoms with Gasteiger partial charge in [0.2, 0.25) is 0 Å². The number of rotatable bonds is 5. The Morgan fingerprint density at radius 3 is 2.40 bits per heavy atom. The summed E-state index contributed by atoms with van der Waals surface area (Å²) in [5.41, 5.74) is 2.46. The second-order valence-electron chi connectivity index (χ2n) is 5.81. The Morgan fingerprint density at radius 2 is 1.80 bits per heavy atom. The summed E-state index contributed by atoms with van der Waals surface area (Å²) in [6.07, 6.45) is 6.65. The second kappa shape index (κ2) is 7.46. The van der Waals surface area contributed by atoms with E-state index in [-0.39, 0.29) is 0 Å². The summed E-state index contributed by atoms with van der Waals surface area (Å²) < 4.78 is 0.850. The first-order chi connectivity index (χ1) is 9.65. The highest BCUT2D eigenvalue weighted by molar-refractivity contribution is 9.10. The van der Waals surface area contributed by atoms with Gasteiger partial charge in [0.1, 0.15) is 5.75 Å². The van der Waals surface area contributed by atoms with E-state index in [0.717, 1.165) is 29.7 Å². The van der Waals surface area contributed by atoms with Crippen LogP contribution in [0.25, 0.3) is 0 Å². The molecule has 1 N–H and O–H groups in total. The molecule has 0 saturated heterocycles. The van der Waals surface area contributed by atoms with Gasteiger partial charge >= 0.3 is 0 Å². The number of hydrogen-bond donors (Lipinski definition) is 1. The lowest BCUT2D eigenvalue weighted by atomic mass is 9.83. The third-order valence-corrected chi connectivity index (χ3v) is 5.13. The molecule has 3 heteroatoms. The lowest BCUT2D eigenvalue weighted by Gasteiger charge is -2.24. The van der Waals surface area contributed by atoms with Gasteiger partial charge in [-0.1, -0.05) is 39.2 Å². The van der Waals surface area contributed by atoms with E-state index in [1.54, 1.807) is 0 Å². The second-order valence-corrected chi connectivity index (χ2v) is 6.66. The van der Waals surface area contributed by atoms with Crippen molar-refractivity contribution in [1.29, 1.82) is 0 Å². The van der Waals surface area contributed by atoms with Gasteiger partial charge in [0.15, 0.2) is 0 Å². The van der Waals surface area contributed by atoms with Gasteiger partial charge in [-0.2, -0.15) is 0 Å². The molecule has 112 valence electrons. The molecule has 0 bridgehead atoms. The van der Waals surface area contributed by atoms with Gasteiger partial charge < -0.3 is 5.11 Å². The van der Waals surface area contributed by atoms with Crippen molar-refractivity contribution in [2.45, 2.75) is 58.4 Å². The Labute approximate surface area is 131 Å². The molecule has 1 fully saturated rings. The summed E-state index contributed by atoms with van der Waals surface area (Å²) >= 11 is 3.53. The molecule has 0 atom stereocenters. The molecule has 2 nitrogen and oxygen atoms in total. The van der Waals surface area contributed by atoms with Gasteiger partial charge in [0, 0.05) is 12.1 Å². The zero-order valence-corrected chi connectivity index (χ0v) is 14.2. The van der Waals surface area contributed by atoms with Crippen LogP contribution < -0.4 is 0 Å². The van der Waals surface area contributed by atoms with Crippen LogP contribution in [0, 0.1) is 0 Å². The zero-order chi connectivity index (χ0) is 14.5. The van der Waals surface area contributed by atoms with Crippen molar-refractivity contribution in [2.75, 3.05) is 13.1 Å². The monoisotopic (exact) mass is 339 g/mol. The molecule has 1 aromatic carbocycles. The van der Waals surface area contributed by atoms with E-state index >= 15 is 0 Å². The normalized spacial score (nSPS) is 16.8. The Hall–Kier alpha value is -0.540. The predicted molar refractivity (Wildman–Crippen MR) is 88.3 cm³/mol. The molecule has 0 heterocycles. The molecule has 0 spiro atoms. The lowest BCUT2D eigenvalue weighted by molar-refractivity contribution is 0.290. The maximum atomic E-state index is 10.3. The van der Waals surface area contributed by atoms with E-state index in [4.69, 9.17) is 0 Å². The summed E-state index contributed by atoms with van der Waals surface area (Å²) in [5.74, 6) is 1.09. The van der Waals surface area contributed by atoms with Crippen molar-refractivity contribution in [2.24, 2.45) is 0 Å². The quantitative estimate of drug-likeness (QED) is 0.811. The number of phenolic OH excluding ortho intramolecular Hbond substituents is 1. The molecule has 0 amide bonds. The van der Waals surface area contributed by atoms with Crippen LogP contribution in [-0.4, -0.2) is 23.1 Å². The van der Waals surface area contributed by atoms with Crippen LogP contribution >= 0.6 is 15.9 Å². The third kappa shape index (κ3) is 3.76. The minimum Gasteiger partial charge on any atom is -0.506 e. The molecule has 0 aromatic heterocycles. The standard InChI is InChI=1S/C17H26BrNO/c1-3-19(4-2)12-15-10-14(11-16(18)17(15)20)13-8-6-5-7-9-13/h10-11,13,20H,3-9,12H2,1-2H3. The van der Waals surface area contributed by atoms with Crippen molar-refractivity contribution in [1.82, 2.24) is 4.90 Å². The summed E-state index contributed by atoms with van der Waals surface area (Å²) in [7, 11) is 0. The third-order valence-electron chi connectivity index (χ3n) is 4.53. The molecular formula is C17H26BrNO. The van der Waals surface area contributed by atoms with Crippen LogP contribution in [0.3, 0.4) is 0 Å². The number of benzene rings is 1.